The summed E-state index contributed by atoms with van der Waals surface area (Å²) in [6, 6.07) is 19.9. The van der Waals surface area contributed by atoms with E-state index in [-0.39, 0.29) is 12.3 Å². The van der Waals surface area contributed by atoms with Gasteiger partial charge in [-0.15, -0.1) is 0 Å². The average Bonchev–Trinajstić information content (AvgIpc) is 2.48. The largest absolute Gasteiger partial charge is 0.481 e. The molecule has 0 aromatic heterocycles. The fourth-order valence-corrected chi connectivity index (χ4v) is 2.23. The molecule has 2 aromatic rings. The van der Waals surface area contributed by atoms with Crippen LogP contribution < -0.4 is 5.32 Å². The van der Waals surface area contributed by atoms with Crippen LogP contribution in [0.4, 0.5) is 0 Å². The van der Waals surface area contributed by atoms with Gasteiger partial charge in [-0.1, -0.05) is 60.7 Å². The monoisotopic (exact) mass is 269 g/mol. The number of benzene rings is 2. The van der Waals surface area contributed by atoms with E-state index in [1.807, 2.05) is 48.5 Å². The first-order chi connectivity index (χ1) is 9.75. The smallest absolute Gasteiger partial charge is 0.304 e. The third kappa shape index (κ3) is 4.52. The van der Waals surface area contributed by atoms with E-state index in [0.717, 1.165) is 12.1 Å². The van der Waals surface area contributed by atoms with Crippen LogP contribution in [0.25, 0.3) is 0 Å². The SMILES string of the molecule is O=C(O)C[C@H](CNCc1ccccc1)c1ccccc1. The highest BCUT2D eigenvalue weighted by Crippen LogP contribution is 2.18. The second kappa shape index (κ2) is 7.46. The zero-order valence-electron chi connectivity index (χ0n) is 11.3. The van der Waals surface area contributed by atoms with Crippen LogP contribution in [-0.4, -0.2) is 17.6 Å². The zero-order chi connectivity index (χ0) is 14.2. The van der Waals surface area contributed by atoms with Gasteiger partial charge in [-0.05, 0) is 11.1 Å². The highest BCUT2D eigenvalue weighted by molar-refractivity contribution is 5.68. The molecule has 0 saturated carbocycles. The molecule has 2 N–H and O–H groups in total. The van der Waals surface area contributed by atoms with E-state index in [1.54, 1.807) is 0 Å². The standard InChI is InChI=1S/C17H19NO2/c19-17(20)11-16(15-9-5-2-6-10-15)13-18-12-14-7-3-1-4-8-14/h1-10,16,18H,11-13H2,(H,19,20)/t16-/m1/s1. The number of hydrogen-bond donors (Lipinski definition) is 2. The van der Waals surface area contributed by atoms with Crippen LogP contribution in [-0.2, 0) is 11.3 Å². The van der Waals surface area contributed by atoms with Gasteiger partial charge in [-0.2, -0.15) is 0 Å². The van der Waals surface area contributed by atoms with Gasteiger partial charge in [0.25, 0.3) is 0 Å². The molecule has 0 saturated heterocycles. The van der Waals surface area contributed by atoms with Crippen LogP contribution in [0, 0.1) is 0 Å². The maximum Gasteiger partial charge on any atom is 0.304 e. The van der Waals surface area contributed by atoms with Crippen molar-refractivity contribution in [3.05, 3.63) is 71.8 Å². The third-order valence-electron chi connectivity index (χ3n) is 3.25. The van der Waals surface area contributed by atoms with Crippen LogP contribution in [0.3, 0.4) is 0 Å². The predicted octanol–water partition coefficient (Wildman–Crippen LogP) is 3.03. The Morgan fingerprint density at radius 3 is 2.20 bits per heavy atom. The number of carboxylic acid groups (broad SMARTS) is 1. The highest BCUT2D eigenvalue weighted by Gasteiger charge is 2.14. The quantitative estimate of drug-likeness (QED) is 0.812. The Labute approximate surface area is 119 Å². The first-order valence-electron chi connectivity index (χ1n) is 6.77. The predicted molar refractivity (Wildman–Crippen MR) is 79.6 cm³/mol. The molecule has 0 aliphatic heterocycles. The van der Waals surface area contributed by atoms with Crippen molar-refractivity contribution in [3.63, 3.8) is 0 Å². The summed E-state index contributed by atoms with van der Waals surface area (Å²) >= 11 is 0. The minimum atomic E-state index is -0.764. The van der Waals surface area contributed by atoms with Gasteiger partial charge in [-0.25, -0.2) is 0 Å². The molecule has 0 bridgehead atoms. The van der Waals surface area contributed by atoms with E-state index in [2.05, 4.69) is 17.4 Å². The van der Waals surface area contributed by atoms with Crippen molar-refractivity contribution in [3.8, 4) is 0 Å². The molecule has 2 rings (SSSR count). The van der Waals surface area contributed by atoms with Crippen LogP contribution in [0.5, 0.6) is 0 Å². The molecule has 0 aliphatic carbocycles. The van der Waals surface area contributed by atoms with Crippen LogP contribution in [0.15, 0.2) is 60.7 Å². The molecule has 104 valence electrons. The van der Waals surface area contributed by atoms with Gasteiger partial charge in [0, 0.05) is 19.0 Å². The number of carbonyl (C=O) groups is 1. The van der Waals surface area contributed by atoms with Gasteiger partial charge in [0.1, 0.15) is 0 Å². The number of hydrogen-bond acceptors (Lipinski definition) is 2. The summed E-state index contributed by atoms with van der Waals surface area (Å²) in [7, 11) is 0. The highest BCUT2D eigenvalue weighted by atomic mass is 16.4. The van der Waals surface area contributed by atoms with E-state index in [4.69, 9.17) is 5.11 Å². The fourth-order valence-electron chi connectivity index (χ4n) is 2.23. The topological polar surface area (TPSA) is 49.3 Å². The van der Waals surface area contributed by atoms with Gasteiger partial charge in [0.15, 0.2) is 0 Å². The average molecular weight is 269 g/mol. The van der Waals surface area contributed by atoms with E-state index in [1.165, 1.54) is 5.56 Å². The summed E-state index contributed by atoms with van der Waals surface area (Å²) in [6.07, 6.45) is 0.145. The first kappa shape index (κ1) is 14.3. The van der Waals surface area contributed by atoms with Crippen LogP contribution >= 0.6 is 0 Å². The Morgan fingerprint density at radius 1 is 1.00 bits per heavy atom. The first-order valence-corrected chi connectivity index (χ1v) is 6.77. The van der Waals surface area contributed by atoms with Gasteiger partial charge < -0.3 is 10.4 Å². The van der Waals surface area contributed by atoms with Crippen LogP contribution in [0.1, 0.15) is 23.5 Å². The Bertz CT molecular complexity index is 525. The van der Waals surface area contributed by atoms with Crippen molar-refractivity contribution < 1.29 is 9.90 Å². The summed E-state index contributed by atoms with van der Waals surface area (Å²) in [5, 5.41) is 12.4. The molecule has 0 aliphatic rings. The number of aliphatic carboxylic acids is 1. The Balaban J connectivity index is 1.93. The minimum Gasteiger partial charge on any atom is -0.481 e. The third-order valence-corrected chi connectivity index (χ3v) is 3.25. The van der Waals surface area contributed by atoms with E-state index < -0.39 is 5.97 Å². The molecule has 2 aromatic carbocycles. The van der Waals surface area contributed by atoms with E-state index >= 15 is 0 Å². The lowest BCUT2D eigenvalue weighted by molar-refractivity contribution is -0.137. The molecule has 1 atom stereocenters. The molecule has 0 amide bonds. The lowest BCUT2D eigenvalue weighted by Gasteiger charge is -2.16. The second-order valence-electron chi connectivity index (χ2n) is 4.82. The van der Waals surface area contributed by atoms with E-state index in [0.29, 0.717) is 6.54 Å². The molecule has 20 heavy (non-hydrogen) atoms. The summed E-state index contributed by atoms with van der Waals surface area (Å²) < 4.78 is 0. The second-order valence-corrected chi connectivity index (χ2v) is 4.82. The summed E-state index contributed by atoms with van der Waals surface area (Å²) in [6.45, 7) is 1.41. The van der Waals surface area contributed by atoms with Crippen molar-refractivity contribution in [1.29, 1.82) is 0 Å². The van der Waals surface area contributed by atoms with Crippen molar-refractivity contribution in [2.24, 2.45) is 0 Å². The van der Waals surface area contributed by atoms with E-state index in [9.17, 15) is 4.79 Å². The van der Waals surface area contributed by atoms with Gasteiger partial charge in [0.2, 0.25) is 0 Å². The molecule has 0 fully saturated rings. The maximum absolute atomic E-state index is 11.0. The van der Waals surface area contributed by atoms with Gasteiger partial charge in [-0.3, -0.25) is 4.79 Å². The van der Waals surface area contributed by atoms with Crippen molar-refractivity contribution >= 4 is 5.97 Å². The zero-order valence-corrected chi connectivity index (χ0v) is 11.3. The number of nitrogens with one attached hydrogen (secondary N) is 1. The number of rotatable bonds is 7. The molecule has 3 nitrogen and oxygen atoms in total. The Kier molecular flexibility index (Phi) is 5.33. The normalized spacial score (nSPS) is 12.0. The minimum absolute atomic E-state index is 0.00240. The maximum atomic E-state index is 11.0. The Hall–Kier alpha value is -2.13. The summed E-state index contributed by atoms with van der Waals surface area (Å²) in [5.74, 6) is -0.766. The molecule has 0 heterocycles. The number of carboxylic acids is 1. The Morgan fingerprint density at radius 2 is 1.60 bits per heavy atom. The van der Waals surface area contributed by atoms with Gasteiger partial charge >= 0.3 is 5.97 Å². The van der Waals surface area contributed by atoms with Crippen LogP contribution in [0.2, 0.25) is 0 Å². The molecule has 0 unspecified atom stereocenters. The lowest BCUT2D eigenvalue weighted by atomic mass is 9.95. The van der Waals surface area contributed by atoms with Crippen molar-refractivity contribution in [2.75, 3.05) is 6.54 Å². The molecule has 0 radical (unpaired) electrons. The molecular formula is C17H19NO2. The molecular weight excluding hydrogens is 250 g/mol. The summed E-state index contributed by atoms with van der Waals surface area (Å²) in [4.78, 5) is 11.0. The van der Waals surface area contributed by atoms with Crippen molar-refractivity contribution in [1.82, 2.24) is 5.32 Å². The molecule has 3 heteroatoms. The molecule has 0 spiro atoms. The van der Waals surface area contributed by atoms with Crippen molar-refractivity contribution in [2.45, 2.75) is 18.9 Å². The summed E-state index contributed by atoms with van der Waals surface area (Å²) in [5.41, 5.74) is 2.27. The lowest BCUT2D eigenvalue weighted by Crippen LogP contribution is -2.23. The van der Waals surface area contributed by atoms with Gasteiger partial charge in [0.05, 0.1) is 6.42 Å². The fraction of sp³-hybridized carbons (Fsp3) is 0.235.